The summed E-state index contributed by atoms with van der Waals surface area (Å²) >= 11 is 0. The standard InChI is InChI=1S/C20H23N5O3/c1-12-5-7-16(8-6-12)11-25-14(3)18(13(2)22-25)21-19(26)17-9-10-24(23-17)15(4)20(27)28/h5-10,15H,11H2,1-4H3,(H,21,26)(H,27,28). The molecule has 0 saturated carbocycles. The van der Waals surface area contributed by atoms with Gasteiger partial charge in [0, 0.05) is 6.20 Å². The van der Waals surface area contributed by atoms with Crippen LogP contribution in [0.4, 0.5) is 5.69 Å². The lowest BCUT2D eigenvalue weighted by atomic mass is 10.1. The molecule has 0 aliphatic carbocycles. The Hall–Kier alpha value is -3.42. The van der Waals surface area contributed by atoms with Crippen LogP contribution in [-0.2, 0) is 11.3 Å². The van der Waals surface area contributed by atoms with E-state index in [4.69, 9.17) is 5.11 Å². The van der Waals surface area contributed by atoms with Crippen molar-refractivity contribution in [2.75, 3.05) is 5.32 Å². The first-order chi connectivity index (χ1) is 13.3. The highest BCUT2D eigenvalue weighted by Crippen LogP contribution is 2.21. The van der Waals surface area contributed by atoms with Gasteiger partial charge >= 0.3 is 5.97 Å². The number of anilines is 1. The molecule has 2 N–H and O–H groups in total. The van der Waals surface area contributed by atoms with Crippen molar-refractivity contribution in [2.24, 2.45) is 0 Å². The summed E-state index contributed by atoms with van der Waals surface area (Å²) < 4.78 is 3.10. The Morgan fingerprint density at radius 1 is 1.11 bits per heavy atom. The van der Waals surface area contributed by atoms with Crippen LogP contribution in [0.25, 0.3) is 0 Å². The van der Waals surface area contributed by atoms with Crippen LogP contribution in [0.3, 0.4) is 0 Å². The Balaban J connectivity index is 1.77. The Morgan fingerprint density at radius 2 is 1.79 bits per heavy atom. The van der Waals surface area contributed by atoms with Gasteiger partial charge in [-0.2, -0.15) is 10.2 Å². The van der Waals surface area contributed by atoms with Crippen molar-refractivity contribution < 1.29 is 14.7 Å². The maximum Gasteiger partial charge on any atom is 0.328 e. The minimum Gasteiger partial charge on any atom is -0.480 e. The molecule has 0 radical (unpaired) electrons. The minimum atomic E-state index is -1.01. The van der Waals surface area contributed by atoms with E-state index in [1.807, 2.05) is 25.5 Å². The number of rotatable bonds is 6. The Labute approximate surface area is 162 Å². The number of aromatic nitrogens is 4. The smallest absolute Gasteiger partial charge is 0.328 e. The van der Waals surface area contributed by atoms with Gasteiger partial charge in [-0.25, -0.2) is 4.79 Å². The number of carbonyl (C=O) groups is 2. The van der Waals surface area contributed by atoms with E-state index in [1.54, 1.807) is 0 Å². The van der Waals surface area contributed by atoms with Crippen LogP contribution in [0.2, 0.25) is 0 Å². The van der Waals surface area contributed by atoms with Gasteiger partial charge < -0.3 is 10.4 Å². The predicted molar refractivity (Wildman–Crippen MR) is 105 cm³/mol. The summed E-state index contributed by atoms with van der Waals surface area (Å²) in [6, 6.07) is 8.87. The predicted octanol–water partition coefficient (Wildman–Crippen LogP) is 2.95. The summed E-state index contributed by atoms with van der Waals surface area (Å²) in [5, 5.41) is 20.5. The number of amides is 1. The van der Waals surface area contributed by atoms with E-state index in [2.05, 4.69) is 39.8 Å². The number of hydrogen-bond acceptors (Lipinski definition) is 4. The zero-order chi connectivity index (χ0) is 20.4. The van der Waals surface area contributed by atoms with Crippen molar-refractivity contribution >= 4 is 17.6 Å². The Morgan fingerprint density at radius 3 is 2.43 bits per heavy atom. The third-order valence-corrected chi connectivity index (χ3v) is 4.67. The van der Waals surface area contributed by atoms with E-state index in [1.165, 1.54) is 29.4 Å². The molecule has 0 aliphatic heterocycles. The summed E-state index contributed by atoms with van der Waals surface area (Å²) in [6.45, 7) is 7.88. The van der Waals surface area contributed by atoms with Crippen molar-refractivity contribution in [3.8, 4) is 0 Å². The molecule has 146 valence electrons. The van der Waals surface area contributed by atoms with Crippen molar-refractivity contribution in [3.05, 3.63) is 64.7 Å². The second kappa shape index (κ2) is 7.67. The number of carbonyl (C=O) groups excluding carboxylic acids is 1. The monoisotopic (exact) mass is 381 g/mol. The van der Waals surface area contributed by atoms with Crippen LogP contribution < -0.4 is 5.32 Å². The highest BCUT2D eigenvalue weighted by Gasteiger charge is 2.19. The lowest BCUT2D eigenvalue weighted by molar-refractivity contribution is -0.140. The number of carboxylic acid groups (broad SMARTS) is 1. The van der Waals surface area contributed by atoms with Gasteiger partial charge in [-0.3, -0.25) is 14.2 Å². The molecule has 1 amide bonds. The van der Waals surface area contributed by atoms with Crippen molar-refractivity contribution in [2.45, 2.75) is 40.3 Å². The quantitative estimate of drug-likeness (QED) is 0.683. The fraction of sp³-hybridized carbons (Fsp3) is 0.300. The number of hydrogen-bond donors (Lipinski definition) is 2. The average Bonchev–Trinajstić information content (AvgIpc) is 3.24. The van der Waals surface area contributed by atoms with Gasteiger partial charge in [-0.1, -0.05) is 29.8 Å². The average molecular weight is 381 g/mol. The summed E-state index contributed by atoms with van der Waals surface area (Å²) in [7, 11) is 0. The van der Waals surface area contributed by atoms with Gasteiger partial charge in [0.1, 0.15) is 6.04 Å². The molecule has 3 rings (SSSR count). The molecular formula is C20H23N5O3. The molecule has 1 unspecified atom stereocenters. The van der Waals surface area contributed by atoms with E-state index < -0.39 is 17.9 Å². The Kier molecular flexibility index (Phi) is 5.30. The number of nitrogens with zero attached hydrogens (tertiary/aromatic N) is 4. The molecule has 0 spiro atoms. The van der Waals surface area contributed by atoms with Crippen LogP contribution in [0.5, 0.6) is 0 Å². The third kappa shape index (κ3) is 3.95. The van der Waals surface area contributed by atoms with Crippen molar-refractivity contribution in [1.82, 2.24) is 19.6 Å². The number of aryl methyl sites for hydroxylation is 2. The van der Waals surface area contributed by atoms with Gasteiger partial charge in [0.05, 0.1) is 23.6 Å². The molecule has 0 aliphatic rings. The lowest BCUT2D eigenvalue weighted by Gasteiger charge is -2.07. The zero-order valence-corrected chi connectivity index (χ0v) is 16.3. The molecule has 0 bridgehead atoms. The summed E-state index contributed by atoms with van der Waals surface area (Å²) in [6.07, 6.45) is 1.48. The molecule has 8 heteroatoms. The highest BCUT2D eigenvalue weighted by molar-refractivity contribution is 6.03. The first kappa shape index (κ1) is 19.3. The van der Waals surface area contributed by atoms with E-state index in [0.717, 1.165) is 11.3 Å². The molecule has 1 aromatic carbocycles. The zero-order valence-electron chi connectivity index (χ0n) is 16.3. The summed E-state index contributed by atoms with van der Waals surface area (Å²) in [4.78, 5) is 23.6. The summed E-state index contributed by atoms with van der Waals surface area (Å²) in [5.41, 5.74) is 4.65. The SMILES string of the molecule is Cc1ccc(Cn2nc(C)c(NC(=O)c3ccn(C(C)C(=O)O)n3)c2C)cc1. The fourth-order valence-corrected chi connectivity index (χ4v) is 2.86. The second-order valence-corrected chi connectivity index (χ2v) is 6.84. The van der Waals surface area contributed by atoms with Crippen LogP contribution in [0, 0.1) is 20.8 Å². The topological polar surface area (TPSA) is 102 Å². The minimum absolute atomic E-state index is 0.151. The number of aliphatic carboxylic acids is 1. The molecule has 8 nitrogen and oxygen atoms in total. The Bertz CT molecular complexity index is 1020. The van der Waals surface area contributed by atoms with E-state index in [0.29, 0.717) is 17.9 Å². The van der Waals surface area contributed by atoms with Crippen LogP contribution in [0.1, 0.15) is 46.0 Å². The van der Waals surface area contributed by atoms with Gasteiger partial charge in [0.25, 0.3) is 5.91 Å². The molecule has 2 heterocycles. The maximum absolute atomic E-state index is 12.6. The molecular weight excluding hydrogens is 358 g/mol. The largest absolute Gasteiger partial charge is 0.480 e. The maximum atomic E-state index is 12.6. The number of benzene rings is 1. The van der Waals surface area contributed by atoms with Gasteiger partial charge in [-0.15, -0.1) is 0 Å². The highest BCUT2D eigenvalue weighted by atomic mass is 16.4. The lowest BCUT2D eigenvalue weighted by Crippen LogP contribution is -2.18. The molecule has 1 atom stereocenters. The van der Waals surface area contributed by atoms with E-state index in [-0.39, 0.29) is 5.69 Å². The fourth-order valence-electron chi connectivity index (χ4n) is 2.86. The van der Waals surface area contributed by atoms with E-state index >= 15 is 0 Å². The molecule has 28 heavy (non-hydrogen) atoms. The second-order valence-electron chi connectivity index (χ2n) is 6.84. The molecule has 0 saturated heterocycles. The summed E-state index contributed by atoms with van der Waals surface area (Å²) in [5.74, 6) is -1.42. The third-order valence-electron chi connectivity index (χ3n) is 4.67. The first-order valence-electron chi connectivity index (χ1n) is 8.95. The number of carboxylic acids is 1. The van der Waals surface area contributed by atoms with Gasteiger partial charge in [0.2, 0.25) is 0 Å². The number of nitrogens with one attached hydrogen (secondary N) is 1. The molecule has 3 aromatic rings. The van der Waals surface area contributed by atoms with Gasteiger partial charge in [-0.05, 0) is 39.3 Å². The van der Waals surface area contributed by atoms with Crippen LogP contribution in [0.15, 0.2) is 36.5 Å². The van der Waals surface area contributed by atoms with Gasteiger partial charge in [0.15, 0.2) is 5.69 Å². The van der Waals surface area contributed by atoms with Crippen molar-refractivity contribution in [1.29, 1.82) is 0 Å². The van der Waals surface area contributed by atoms with E-state index in [9.17, 15) is 9.59 Å². The molecule has 2 aromatic heterocycles. The first-order valence-corrected chi connectivity index (χ1v) is 8.95. The van der Waals surface area contributed by atoms with Crippen molar-refractivity contribution in [3.63, 3.8) is 0 Å². The van der Waals surface area contributed by atoms with Crippen LogP contribution >= 0.6 is 0 Å². The molecule has 0 fully saturated rings. The normalized spacial score (nSPS) is 12.0. The van der Waals surface area contributed by atoms with Crippen LogP contribution in [-0.4, -0.2) is 36.5 Å².